The fraction of sp³-hybridized carbons (Fsp3) is 0.667. The van der Waals surface area contributed by atoms with Crippen LogP contribution < -0.4 is 4.74 Å². The van der Waals surface area contributed by atoms with Gasteiger partial charge in [0.25, 0.3) is 0 Å². The molecule has 0 aliphatic carbocycles. The van der Waals surface area contributed by atoms with Gasteiger partial charge in [-0.15, -0.1) is 0 Å². The molecule has 5 nitrogen and oxygen atoms in total. The highest BCUT2D eigenvalue weighted by Gasteiger charge is 2.23. The van der Waals surface area contributed by atoms with E-state index < -0.39 is 0 Å². The van der Waals surface area contributed by atoms with E-state index >= 15 is 0 Å². The first-order valence-electron chi connectivity index (χ1n) is 9.70. The summed E-state index contributed by atoms with van der Waals surface area (Å²) in [6, 6.07) is 8.35. The summed E-state index contributed by atoms with van der Waals surface area (Å²) >= 11 is 0. The van der Waals surface area contributed by atoms with Gasteiger partial charge >= 0.3 is 0 Å². The van der Waals surface area contributed by atoms with Crippen LogP contribution in [0, 0.1) is 5.92 Å². The van der Waals surface area contributed by atoms with Crippen molar-refractivity contribution in [1.82, 2.24) is 9.80 Å². The van der Waals surface area contributed by atoms with Gasteiger partial charge in [-0.3, -0.25) is 9.69 Å². The molecule has 1 heterocycles. The largest absolute Gasteiger partial charge is 0.497 e. The lowest BCUT2D eigenvalue weighted by molar-refractivity contribution is -0.133. The van der Waals surface area contributed by atoms with Crippen LogP contribution in [0.25, 0.3) is 0 Å². The molecule has 1 aliphatic rings. The number of methoxy groups -OCH3 is 2. The van der Waals surface area contributed by atoms with Crippen molar-refractivity contribution < 1.29 is 14.3 Å². The second-order valence-corrected chi connectivity index (χ2v) is 7.30. The Morgan fingerprint density at radius 3 is 2.50 bits per heavy atom. The first-order chi connectivity index (χ1) is 12.6. The lowest BCUT2D eigenvalue weighted by Crippen LogP contribution is -2.43. The Hall–Kier alpha value is -1.59. The zero-order chi connectivity index (χ0) is 18.8. The molecule has 5 heteroatoms. The van der Waals surface area contributed by atoms with Crippen molar-refractivity contribution in [2.45, 2.75) is 32.1 Å². The molecule has 0 N–H and O–H groups in total. The zero-order valence-corrected chi connectivity index (χ0v) is 16.6. The molecule has 0 bridgehead atoms. The predicted molar refractivity (Wildman–Crippen MR) is 105 cm³/mol. The van der Waals surface area contributed by atoms with Crippen LogP contribution in [0.2, 0.25) is 0 Å². The number of benzene rings is 1. The van der Waals surface area contributed by atoms with Crippen LogP contribution >= 0.6 is 0 Å². The zero-order valence-electron chi connectivity index (χ0n) is 16.6. The smallest absolute Gasteiger partial charge is 0.236 e. The van der Waals surface area contributed by atoms with Crippen LogP contribution in [-0.4, -0.2) is 69.8 Å². The Labute approximate surface area is 158 Å². The van der Waals surface area contributed by atoms with Gasteiger partial charge in [0.15, 0.2) is 0 Å². The van der Waals surface area contributed by atoms with Crippen molar-refractivity contribution in [2.75, 3.05) is 54.1 Å². The van der Waals surface area contributed by atoms with Crippen LogP contribution in [0.1, 0.15) is 31.2 Å². The molecule has 0 aromatic heterocycles. The average Bonchev–Trinajstić information content (AvgIpc) is 2.67. The van der Waals surface area contributed by atoms with Crippen molar-refractivity contribution in [1.29, 1.82) is 0 Å². The molecule has 146 valence electrons. The van der Waals surface area contributed by atoms with Gasteiger partial charge in [-0.2, -0.15) is 0 Å². The number of carbonyl (C=O) groups is 1. The standard InChI is InChI=1S/C21H34N2O3/c1-22(13-4-16-25-2)17-21(24)23-14-11-19(12-15-23)6-5-18-7-9-20(26-3)10-8-18/h7-10,19H,4-6,11-17H2,1-3H3. The minimum Gasteiger partial charge on any atom is -0.497 e. The molecule has 0 atom stereocenters. The topological polar surface area (TPSA) is 42.0 Å². The molecule has 1 amide bonds. The van der Waals surface area contributed by atoms with E-state index in [1.54, 1.807) is 14.2 Å². The van der Waals surface area contributed by atoms with Crippen LogP contribution in [0.3, 0.4) is 0 Å². The Kier molecular flexibility index (Phi) is 8.92. The maximum atomic E-state index is 12.4. The van der Waals surface area contributed by atoms with Crippen LogP contribution in [0.4, 0.5) is 0 Å². The normalized spacial score (nSPS) is 15.5. The summed E-state index contributed by atoms with van der Waals surface area (Å²) in [5.74, 6) is 1.90. The molecule has 0 unspecified atom stereocenters. The van der Waals surface area contributed by atoms with Gasteiger partial charge in [0.1, 0.15) is 5.75 Å². The van der Waals surface area contributed by atoms with E-state index in [1.165, 1.54) is 12.0 Å². The maximum absolute atomic E-state index is 12.4. The fourth-order valence-corrected chi connectivity index (χ4v) is 3.52. The van der Waals surface area contributed by atoms with Crippen molar-refractivity contribution in [2.24, 2.45) is 5.92 Å². The molecule has 2 rings (SSSR count). The van der Waals surface area contributed by atoms with E-state index in [4.69, 9.17) is 9.47 Å². The number of ether oxygens (including phenoxy) is 2. The van der Waals surface area contributed by atoms with Crippen molar-refractivity contribution >= 4 is 5.91 Å². The molecular formula is C21H34N2O3. The van der Waals surface area contributed by atoms with Gasteiger partial charge in [-0.05, 0) is 62.8 Å². The molecule has 26 heavy (non-hydrogen) atoms. The summed E-state index contributed by atoms with van der Waals surface area (Å²) in [4.78, 5) is 16.6. The number of rotatable bonds is 10. The predicted octanol–water partition coefficient (Wildman–Crippen LogP) is 2.83. The van der Waals surface area contributed by atoms with E-state index in [0.29, 0.717) is 6.54 Å². The van der Waals surface area contributed by atoms with Crippen molar-refractivity contribution in [3.63, 3.8) is 0 Å². The third-order valence-corrected chi connectivity index (χ3v) is 5.26. The van der Waals surface area contributed by atoms with E-state index in [1.807, 2.05) is 24.1 Å². The van der Waals surface area contributed by atoms with Gasteiger partial charge < -0.3 is 14.4 Å². The number of amides is 1. The third kappa shape index (κ3) is 6.96. The van der Waals surface area contributed by atoms with Gasteiger partial charge in [-0.1, -0.05) is 12.1 Å². The Morgan fingerprint density at radius 1 is 1.19 bits per heavy atom. The number of hydrogen-bond donors (Lipinski definition) is 0. The first kappa shape index (κ1) is 20.7. The summed E-state index contributed by atoms with van der Waals surface area (Å²) in [6.07, 6.45) is 5.51. The second kappa shape index (κ2) is 11.2. The lowest BCUT2D eigenvalue weighted by Gasteiger charge is -2.33. The number of hydrogen-bond acceptors (Lipinski definition) is 4. The molecule has 1 aliphatic heterocycles. The minimum atomic E-state index is 0.263. The monoisotopic (exact) mass is 362 g/mol. The second-order valence-electron chi connectivity index (χ2n) is 7.30. The number of likely N-dealkylation sites (N-methyl/N-ethyl adjacent to an activating group) is 1. The van der Waals surface area contributed by atoms with E-state index in [9.17, 15) is 4.79 Å². The number of likely N-dealkylation sites (tertiary alicyclic amines) is 1. The highest BCUT2D eigenvalue weighted by Crippen LogP contribution is 2.23. The molecule has 0 radical (unpaired) electrons. The quantitative estimate of drug-likeness (QED) is 0.600. The third-order valence-electron chi connectivity index (χ3n) is 5.26. The highest BCUT2D eigenvalue weighted by atomic mass is 16.5. The SMILES string of the molecule is COCCCN(C)CC(=O)N1CCC(CCc2ccc(OC)cc2)CC1. The average molecular weight is 363 g/mol. The summed E-state index contributed by atoms with van der Waals surface area (Å²) in [5, 5.41) is 0. The number of carbonyl (C=O) groups excluding carboxylic acids is 1. The summed E-state index contributed by atoms with van der Waals surface area (Å²) in [7, 11) is 5.42. The van der Waals surface area contributed by atoms with Crippen molar-refractivity contribution in [3.05, 3.63) is 29.8 Å². The van der Waals surface area contributed by atoms with Crippen molar-refractivity contribution in [3.8, 4) is 5.75 Å². The molecule has 1 aromatic carbocycles. The van der Waals surface area contributed by atoms with E-state index in [0.717, 1.165) is 63.6 Å². The summed E-state index contributed by atoms with van der Waals surface area (Å²) < 4.78 is 10.3. The Bertz CT molecular complexity index is 525. The fourth-order valence-electron chi connectivity index (χ4n) is 3.52. The Balaban J connectivity index is 1.65. The van der Waals surface area contributed by atoms with Gasteiger partial charge in [0.05, 0.1) is 13.7 Å². The van der Waals surface area contributed by atoms with Gasteiger partial charge in [0, 0.05) is 33.4 Å². The first-order valence-corrected chi connectivity index (χ1v) is 9.70. The Morgan fingerprint density at radius 2 is 1.88 bits per heavy atom. The molecule has 1 fully saturated rings. The van der Waals surface area contributed by atoms with E-state index in [-0.39, 0.29) is 5.91 Å². The van der Waals surface area contributed by atoms with Crippen LogP contribution in [-0.2, 0) is 16.0 Å². The highest BCUT2D eigenvalue weighted by molar-refractivity contribution is 5.78. The number of aryl methyl sites for hydroxylation is 1. The van der Waals surface area contributed by atoms with Gasteiger partial charge in [-0.25, -0.2) is 0 Å². The van der Waals surface area contributed by atoms with Gasteiger partial charge in [0.2, 0.25) is 5.91 Å². The lowest BCUT2D eigenvalue weighted by atomic mass is 9.90. The molecule has 0 spiro atoms. The summed E-state index contributed by atoms with van der Waals surface area (Å²) in [6.45, 7) is 3.96. The number of piperidine rings is 1. The van der Waals surface area contributed by atoms with E-state index in [2.05, 4.69) is 17.0 Å². The molecule has 1 aromatic rings. The number of nitrogens with zero attached hydrogens (tertiary/aromatic N) is 2. The minimum absolute atomic E-state index is 0.263. The maximum Gasteiger partial charge on any atom is 0.236 e. The van der Waals surface area contributed by atoms with Crippen LogP contribution in [0.5, 0.6) is 5.75 Å². The van der Waals surface area contributed by atoms with Crippen LogP contribution in [0.15, 0.2) is 24.3 Å². The molecule has 0 saturated carbocycles. The molecular weight excluding hydrogens is 328 g/mol. The molecule has 1 saturated heterocycles. The summed E-state index contributed by atoms with van der Waals surface area (Å²) in [5.41, 5.74) is 1.36.